The molecule has 0 aliphatic carbocycles. The number of aryl methyl sites for hydroxylation is 1. The van der Waals surface area contributed by atoms with Gasteiger partial charge in [-0.1, -0.05) is 29.6 Å². The molecule has 1 atom stereocenters. The Morgan fingerprint density at radius 1 is 1.16 bits per heavy atom. The van der Waals surface area contributed by atoms with Crippen LogP contribution in [0, 0.1) is 5.82 Å². The summed E-state index contributed by atoms with van der Waals surface area (Å²) >= 11 is 12.0. The second-order valence-corrected chi connectivity index (χ2v) is 8.26. The maximum atomic E-state index is 14.4. The van der Waals surface area contributed by atoms with Gasteiger partial charge < -0.3 is 14.6 Å². The lowest BCUT2D eigenvalue weighted by Gasteiger charge is -2.16. The second kappa shape index (κ2) is 9.24. The van der Waals surface area contributed by atoms with Crippen molar-refractivity contribution in [2.45, 2.75) is 45.3 Å². The maximum absolute atomic E-state index is 14.4. The van der Waals surface area contributed by atoms with Gasteiger partial charge in [-0.3, -0.25) is 4.79 Å². The molecule has 0 radical (unpaired) electrons. The summed E-state index contributed by atoms with van der Waals surface area (Å²) in [5, 5.41) is 11.9. The largest absolute Gasteiger partial charge is 0.479 e. The molecule has 3 aromatic rings. The van der Waals surface area contributed by atoms with E-state index in [9.17, 15) is 9.18 Å². The second-order valence-electron chi connectivity index (χ2n) is 7.42. The number of benzene rings is 2. The van der Waals surface area contributed by atoms with Gasteiger partial charge in [0.25, 0.3) is 5.91 Å². The number of aromatic nitrogens is 3. The topological polar surface area (TPSA) is 69.0 Å². The molecule has 9 heteroatoms. The number of nitrogens with one attached hydrogen (secondary N) is 1. The van der Waals surface area contributed by atoms with Crippen molar-refractivity contribution in [3.8, 4) is 17.1 Å². The summed E-state index contributed by atoms with van der Waals surface area (Å²) in [6.45, 7) is 2.38. The first kappa shape index (κ1) is 21.6. The van der Waals surface area contributed by atoms with Crippen LogP contribution < -0.4 is 10.1 Å². The van der Waals surface area contributed by atoms with E-state index in [1.165, 1.54) is 12.1 Å². The number of fused-ring (bicyclic) bond motifs is 1. The molecule has 31 heavy (non-hydrogen) atoms. The maximum Gasteiger partial charge on any atom is 0.265 e. The number of hydrogen-bond acceptors (Lipinski definition) is 4. The number of anilines is 1. The summed E-state index contributed by atoms with van der Waals surface area (Å²) in [4.78, 5) is 12.6. The lowest BCUT2D eigenvalue weighted by molar-refractivity contribution is -0.122. The minimum Gasteiger partial charge on any atom is -0.479 e. The fourth-order valence-electron chi connectivity index (χ4n) is 3.51. The van der Waals surface area contributed by atoms with Crippen LogP contribution in [0.2, 0.25) is 10.0 Å². The van der Waals surface area contributed by atoms with Gasteiger partial charge >= 0.3 is 0 Å². The number of rotatable bonds is 5. The molecule has 0 bridgehead atoms. The number of halogens is 3. The molecule has 2 aromatic carbocycles. The van der Waals surface area contributed by atoms with Crippen molar-refractivity contribution in [2.75, 3.05) is 5.32 Å². The van der Waals surface area contributed by atoms with Crippen LogP contribution in [0.15, 0.2) is 36.4 Å². The third-order valence-electron chi connectivity index (χ3n) is 5.16. The van der Waals surface area contributed by atoms with Crippen LogP contribution in [0.4, 0.5) is 10.1 Å². The summed E-state index contributed by atoms with van der Waals surface area (Å²) in [7, 11) is 0. The van der Waals surface area contributed by atoms with Gasteiger partial charge in [-0.05, 0) is 56.2 Å². The Bertz CT molecular complexity index is 1120. The molecular weight excluding hydrogens is 442 g/mol. The lowest BCUT2D eigenvalue weighted by atomic mass is 10.1. The molecule has 0 saturated heterocycles. The van der Waals surface area contributed by atoms with Crippen molar-refractivity contribution in [3.63, 3.8) is 0 Å². The highest BCUT2D eigenvalue weighted by molar-refractivity contribution is 6.35. The van der Waals surface area contributed by atoms with Crippen molar-refractivity contribution in [2.24, 2.45) is 0 Å². The van der Waals surface area contributed by atoms with E-state index in [4.69, 9.17) is 27.9 Å². The van der Waals surface area contributed by atoms with Crippen molar-refractivity contribution in [1.29, 1.82) is 0 Å². The van der Waals surface area contributed by atoms with E-state index in [1.807, 2.05) is 0 Å². The predicted molar refractivity (Wildman–Crippen MR) is 118 cm³/mol. The average molecular weight is 463 g/mol. The van der Waals surface area contributed by atoms with E-state index in [2.05, 4.69) is 20.1 Å². The zero-order chi connectivity index (χ0) is 22.0. The Balaban J connectivity index is 1.52. The van der Waals surface area contributed by atoms with Crippen LogP contribution >= 0.6 is 23.2 Å². The Morgan fingerprint density at radius 2 is 2.00 bits per heavy atom. The standard InChI is InChI=1S/C22H21Cl2FN4O2/c1-13(31-19-9-7-15(23)12-16(19)24)22(30)26-18-11-14(6-8-17(18)25)21-28-27-20-5-3-2-4-10-29(20)21/h6-9,11-13H,2-5,10H2,1H3,(H,26,30). The van der Waals surface area contributed by atoms with Crippen LogP contribution in [0.3, 0.4) is 0 Å². The van der Waals surface area contributed by atoms with Crippen molar-refractivity contribution in [3.05, 3.63) is 58.1 Å². The lowest BCUT2D eigenvalue weighted by Crippen LogP contribution is -2.30. The SMILES string of the molecule is CC(Oc1ccc(Cl)cc1Cl)C(=O)Nc1cc(-c2nnc3n2CCCCC3)ccc1F. The van der Waals surface area contributed by atoms with E-state index >= 15 is 0 Å². The fraction of sp³-hybridized carbons (Fsp3) is 0.318. The van der Waals surface area contributed by atoms with Gasteiger partial charge in [0.2, 0.25) is 0 Å². The van der Waals surface area contributed by atoms with E-state index in [1.54, 1.807) is 31.2 Å². The van der Waals surface area contributed by atoms with Crippen molar-refractivity contribution in [1.82, 2.24) is 14.8 Å². The molecule has 162 valence electrons. The third kappa shape index (κ3) is 4.83. The summed E-state index contributed by atoms with van der Waals surface area (Å²) < 4.78 is 22.1. The molecule has 6 nitrogen and oxygen atoms in total. The van der Waals surface area contributed by atoms with E-state index < -0.39 is 17.8 Å². The summed E-state index contributed by atoms with van der Waals surface area (Å²) in [5.74, 6) is 0.856. The number of nitrogens with zero attached hydrogens (tertiary/aromatic N) is 3. The van der Waals surface area contributed by atoms with Crippen LogP contribution in [0.25, 0.3) is 11.4 Å². The normalized spacial score (nSPS) is 14.5. The number of carbonyl (C=O) groups excluding carboxylic acids is 1. The Morgan fingerprint density at radius 3 is 2.81 bits per heavy atom. The van der Waals surface area contributed by atoms with Gasteiger partial charge in [-0.2, -0.15) is 0 Å². The summed E-state index contributed by atoms with van der Waals surface area (Å²) in [6.07, 6.45) is 3.23. The van der Waals surface area contributed by atoms with Gasteiger partial charge in [0.15, 0.2) is 11.9 Å². The number of hydrogen-bond donors (Lipinski definition) is 1. The van der Waals surface area contributed by atoms with Crippen LogP contribution in [-0.4, -0.2) is 26.8 Å². The molecule has 1 aromatic heterocycles. The van der Waals surface area contributed by atoms with Crippen molar-refractivity contribution < 1.29 is 13.9 Å². The van der Waals surface area contributed by atoms with E-state index in [-0.39, 0.29) is 10.7 Å². The van der Waals surface area contributed by atoms with Crippen molar-refractivity contribution >= 4 is 34.8 Å². The van der Waals surface area contributed by atoms with E-state index in [0.29, 0.717) is 22.2 Å². The van der Waals surface area contributed by atoms with Gasteiger partial charge in [0.1, 0.15) is 17.4 Å². The summed E-state index contributed by atoms with van der Waals surface area (Å²) in [6, 6.07) is 9.22. The van der Waals surface area contributed by atoms with Gasteiger partial charge in [-0.15, -0.1) is 10.2 Å². The van der Waals surface area contributed by atoms with Crippen LogP contribution in [0.5, 0.6) is 5.75 Å². The monoisotopic (exact) mass is 462 g/mol. The molecular formula is C22H21Cl2FN4O2. The molecule has 0 spiro atoms. The highest BCUT2D eigenvalue weighted by Gasteiger charge is 2.20. The smallest absolute Gasteiger partial charge is 0.265 e. The van der Waals surface area contributed by atoms with Gasteiger partial charge in [-0.25, -0.2) is 4.39 Å². The molecule has 0 saturated carbocycles. The minimum absolute atomic E-state index is 0.0473. The first-order valence-electron chi connectivity index (χ1n) is 10.1. The Labute approximate surface area is 189 Å². The zero-order valence-electron chi connectivity index (χ0n) is 16.9. The predicted octanol–water partition coefficient (Wildman–Crippen LogP) is 5.52. The molecule has 2 heterocycles. The number of ether oxygens (including phenoxy) is 1. The molecule has 1 aliphatic rings. The first-order chi connectivity index (χ1) is 14.9. The third-order valence-corrected chi connectivity index (χ3v) is 5.69. The molecule has 1 N–H and O–H groups in total. The Kier molecular flexibility index (Phi) is 6.43. The zero-order valence-corrected chi connectivity index (χ0v) is 18.4. The Hall–Kier alpha value is -2.64. The molecule has 1 amide bonds. The average Bonchev–Trinajstić information content (AvgIpc) is 2.99. The fourth-order valence-corrected chi connectivity index (χ4v) is 3.96. The quantitative estimate of drug-likeness (QED) is 0.541. The molecule has 4 rings (SSSR count). The van der Waals surface area contributed by atoms with Gasteiger partial charge in [0.05, 0.1) is 10.7 Å². The van der Waals surface area contributed by atoms with E-state index in [0.717, 1.165) is 38.1 Å². The minimum atomic E-state index is -0.911. The van der Waals surface area contributed by atoms with Gasteiger partial charge in [0, 0.05) is 23.6 Å². The van der Waals surface area contributed by atoms with Crippen LogP contribution in [-0.2, 0) is 17.8 Å². The molecule has 1 unspecified atom stereocenters. The number of carbonyl (C=O) groups is 1. The molecule has 0 fully saturated rings. The van der Waals surface area contributed by atoms with Crippen LogP contribution in [0.1, 0.15) is 32.0 Å². The molecule has 1 aliphatic heterocycles. The number of amides is 1. The highest BCUT2D eigenvalue weighted by Crippen LogP contribution is 2.29. The highest BCUT2D eigenvalue weighted by atomic mass is 35.5. The first-order valence-corrected chi connectivity index (χ1v) is 10.8. The summed E-state index contributed by atoms with van der Waals surface area (Å²) in [5.41, 5.74) is 0.734.